The van der Waals surface area contributed by atoms with E-state index in [0.717, 1.165) is 19.9 Å². The topological polar surface area (TPSA) is 27.6 Å². The molecule has 3 nitrogen and oxygen atoms in total. The van der Waals surface area contributed by atoms with E-state index in [9.17, 15) is 0 Å². The summed E-state index contributed by atoms with van der Waals surface area (Å²) in [6.45, 7) is 2.68. The van der Waals surface area contributed by atoms with E-state index in [0.29, 0.717) is 0 Å². The highest BCUT2D eigenvalue weighted by atomic mass is 15.3. The molecule has 0 spiro atoms. The van der Waals surface area contributed by atoms with Crippen molar-refractivity contribution in [1.29, 1.82) is 0 Å². The number of hydrogen-bond acceptors (Lipinski definition) is 3. The zero-order chi connectivity index (χ0) is 7.52. The van der Waals surface area contributed by atoms with Gasteiger partial charge in [-0.2, -0.15) is 0 Å². The van der Waals surface area contributed by atoms with Crippen molar-refractivity contribution in [2.75, 3.05) is 19.9 Å². The van der Waals surface area contributed by atoms with Crippen molar-refractivity contribution in [2.24, 2.45) is 4.99 Å². The average molecular weight is 149 g/mol. The lowest BCUT2D eigenvalue weighted by molar-refractivity contribution is 0.396. The number of nitrogens with one attached hydrogen (secondary N) is 1. The fourth-order valence-corrected chi connectivity index (χ4v) is 1.26. The maximum Gasteiger partial charge on any atom is 0.111 e. The van der Waals surface area contributed by atoms with E-state index in [1.807, 2.05) is 18.4 Å². The summed E-state index contributed by atoms with van der Waals surface area (Å²) in [5, 5.41) is 3.27. The van der Waals surface area contributed by atoms with Gasteiger partial charge in [-0.05, 0) is 12.2 Å². The van der Waals surface area contributed by atoms with Gasteiger partial charge in [0.1, 0.15) is 6.67 Å². The molecule has 58 valence electrons. The molecule has 0 aromatic carbocycles. The molecule has 11 heavy (non-hydrogen) atoms. The SMILES string of the molecule is C1=CC=C2CNCN2CN=C1. The van der Waals surface area contributed by atoms with Gasteiger partial charge in [-0.3, -0.25) is 10.3 Å². The van der Waals surface area contributed by atoms with E-state index in [1.165, 1.54) is 5.70 Å². The lowest BCUT2D eigenvalue weighted by Crippen LogP contribution is -2.21. The molecule has 2 aliphatic heterocycles. The maximum absolute atomic E-state index is 4.21. The summed E-state index contributed by atoms with van der Waals surface area (Å²) in [6.07, 6.45) is 7.96. The minimum absolute atomic E-state index is 0.781. The van der Waals surface area contributed by atoms with Gasteiger partial charge in [-0.15, -0.1) is 0 Å². The van der Waals surface area contributed by atoms with Crippen LogP contribution in [0.1, 0.15) is 0 Å². The smallest absolute Gasteiger partial charge is 0.111 e. The van der Waals surface area contributed by atoms with Crippen molar-refractivity contribution in [3.63, 3.8) is 0 Å². The molecule has 0 aromatic heterocycles. The van der Waals surface area contributed by atoms with Crippen LogP contribution in [0.5, 0.6) is 0 Å². The second-order valence-corrected chi connectivity index (χ2v) is 2.64. The van der Waals surface area contributed by atoms with Crippen LogP contribution < -0.4 is 5.32 Å². The van der Waals surface area contributed by atoms with Crippen LogP contribution in [0.4, 0.5) is 0 Å². The first-order valence-corrected chi connectivity index (χ1v) is 3.78. The minimum atomic E-state index is 0.781. The molecule has 0 saturated carbocycles. The zero-order valence-corrected chi connectivity index (χ0v) is 6.33. The Kier molecular flexibility index (Phi) is 1.73. The molecule has 0 aromatic rings. The minimum Gasteiger partial charge on any atom is -0.342 e. The maximum atomic E-state index is 4.21. The molecule has 2 aliphatic rings. The highest BCUT2D eigenvalue weighted by Crippen LogP contribution is 2.08. The molecule has 2 heterocycles. The monoisotopic (exact) mass is 149 g/mol. The van der Waals surface area contributed by atoms with Crippen molar-refractivity contribution in [2.45, 2.75) is 0 Å². The summed E-state index contributed by atoms with van der Waals surface area (Å²) in [6, 6.07) is 0. The van der Waals surface area contributed by atoms with Crippen molar-refractivity contribution in [1.82, 2.24) is 10.2 Å². The van der Waals surface area contributed by atoms with Gasteiger partial charge in [-0.25, -0.2) is 0 Å². The standard InChI is InChI=1S/C8H11N3/c1-2-4-9-6-11-7-10-5-8(11)3-1/h1-4,10H,5-7H2. The van der Waals surface area contributed by atoms with Crippen molar-refractivity contribution in [3.05, 3.63) is 23.9 Å². The Labute approximate surface area is 66.1 Å². The van der Waals surface area contributed by atoms with E-state index in [1.54, 1.807) is 0 Å². The summed E-state index contributed by atoms with van der Waals surface area (Å²) in [4.78, 5) is 6.43. The number of rotatable bonds is 0. The third-order valence-electron chi connectivity index (χ3n) is 1.86. The summed E-state index contributed by atoms with van der Waals surface area (Å²) >= 11 is 0. The molecular formula is C8H11N3. The van der Waals surface area contributed by atoms with E-state index in [-0.39, 0.29) is 0 Å². The molecule has 0 aliphatic carbocycles. The predicted molar refractivity (Wildman–Crippen MR) is 45.3 cm³/mol. The van der Waals surface area contributed by atoms with Crippen LogP contribution in [0.3, 0.4) is 0 Å². The predicted octanol–water partition coefficient (Wildman–Crippen LogP) is 0.331. The van der Waals surface area contributed by atoms with Crippen LogP contribution in [0.2, 0.25) is 0 Å². The van der Waals surface area contributed by atoms with Crippen LogP contribution in [-0.4, -0.2) is 31.0 Å². The molecule has 3 heteroatoms. The summed E-state index contributed by atoms with van der Waals surface area (Å²) in [5.74, 6) is 0. The summed E-state index contributed by atoms with van der Waals surface area (Å²) in [7, 11) is 0. The number of fused-ring (bicyclic) bond motifs is 1. The van der Waals surface area contributed by atoms with Crippen molar-refractivity contribution in [3.8, 4) is 0 Å². The fourth-order valence-electron chi connectivity index (χ4n) is 1.26. The molecule has 1 fully saturated rings. The van der Waals surface area contributed by atoms with Crippen LogP contribution in [0, 0.1) is 0 Å². The van der Waals surface area contributed by atoms with Gasteiger partial charge in [-0.1, -0.05) is 6.08 Å². The lowest BCUT2D eigenvalue weighted by atomic mass is 10.3. The Hall–Kier alpha value is -1.09. The normalized spacial score (nSPS) is 22.5. The van der Waals surface area contributed by atoms with Gasteiger partial charge >= 0.3 is 0 Å². The molecule has 0 unspecified atom stereocenters. The lowest BCUT2D eigenvalue weighted by Gasteiger charge is -2.15. The third kappa shape index (κ3) is 1.33. The highest BCUT2D eigenvalue weighted by molar-refractivity contribution is 5.71. The number of aliphatic imine (C=N–C) groups is 1. The summed E-state index contributed by atoms with van der Waals surface area (Å²) in [5.41, 5.74) is 1.33. The van der Waals surface area contributed by atoms with Crippen LogP contribution in [0.25, 0.3) is 0 Å². The van der Waals surface area contributed by atoms with E-state index in [4.69, 9.17) is 0 Å². The zero-order valence-electron chi connectivity index (χ0n) is 6.33. The quantitative estimate of drug-likeness (QED) is 0.537. The molecule has 1 saturated heterocycles. The van der Waals surface area contributed by atoms with Gasteiger partial charge in [0.05, 0.1) is 6.67 Å². The summed E-state index contributed by atoms with van der Waals surface area (Å²) < 4.78 is 0. The first-order chi connectivity index (χ1) is 5.47. The molecule has 0 radical (unpaired) electrons. The average Bonchev–Trinajstić information content (AvgIpc) is 2.35. The first-order valence-electron chi connectivity index (χ1n) is 3.78. The highest BCUT2D eigenvalue weighted by Gasteiger charge is 2.14. The second kappa shape index (κ2) is 2.88. The second-order valence-electron chi connectivity index (χ2n) is 2.64. The largest absolute Gasteiger partial charge is 0.342 e. The Morgan fingerprint density at radius 2 is 2.45 bits per heavy atom. The van der Waals surface area contributed by atoms with E-state index >= 15 is 0 Å². The van der Waals surface area contributed by atoms with Gasteiger partial charge < -0.3 is 4.90 Å². The van der Waals surface area contributed by atoms with Gasteiger partial charge in [0.2, 0.25) is 0 Å². The Morgan fingerprint density at radius 1 is 1.45 bits per heavy atom. The molecule has 0 bridgehead atoms. The van der Waals surface area contributed by atoms with Crippen LogP contribution in [0.15, 0.2) is 28.9 Å². The van der Waals surface area contributed by atoms with Gasteiger partial charge in [0.25, 0.3) is 0 Å². The Balaban J connectivity index is 2.21. The van der Waals surface area contributed by atoms with Crippen LogP contribution >= 0.6 is 0 Å². The number of hydrogen-bond donors (Lipinski definition) is 1. The number of nitrogens with zero attached hydrogens (tertiary/aromatic N) is 2. The van der Waals surface area contributed by atoms with Crippen molar-refractivity contribution >= 4 is 6.21 Å². The Morgan fingerprint density at radius 3 is 3.45 bits per heavy atom. The van der Waals surface area contributed by atoms with Crippen LogP contribution in [-0.2, 0) is 0 Å². The Bertz CT molecular complexity index is 227. The molecule has 0 atom stereocenters. The molecule has 2 rings (SSSR count). The third-order valence-corrected chi connectivity index (χ3v) is 1.86. The molecular weight excluding hydrogens is 138 g/mol. The van der Waals surface area contributed by atoms with E-state index < -0.39 is 0 Å². The molecule has 0 amide bonds. The number of allylic oxidation sites excluding steroid dienone is 3. The van der Waals surface area contributed by atoms with Gasteiger partial charge in [0, 0.05) is 18.5 Å². The fraction of sp³-hybridized carbons (Fsp3) is 0.375. The first kappa shape index (κ1) is 6.61. The van der Waals surface area contributed by atoms with Gasteiger partial charge in [0.15, 0.2) is 0 Å². The molecule has 1 N–H and O–H groups in total. The van der Waals surface area contributed by atoms with Crippen molar-refractivity contribution < 1.29 is 0 Å². The van der Waals surface area contributed by atoms with E-state index in [2.05, 4.69) is 21.3 Å².